The molecule has 11 heteroatoms. The lowest BCUT2D eigenvalue weighted by Crippen LogP contribution is -2.39. The largest absolute Gasteiger partial charge is 0.278 e. The summed E-state index contributed by atoms with van der Waals surface area (Å²) in [4.78, 5) is 12.0. The topological polar surface area (TPSA) is 101 Å². The molecule has 1 unspecified atom stereocenters. The van der Waals surface area contributed by atoms with Crippen LogP contribution >= 0.6 is 23.1 Å². The number of thiophene rings is 1. The molecule has 1 aromatic carbocycles. The first-order valence-electron chi connectivity index (χ1n) is 10.3. The van der Waals surface area contributed by atoms with E-state index in [1.54, 1.807) is 36.0 Å². The van der Waals surface area contributed by atoms with Gasteiger partial charge in [0.15, 0.2) is 5.16 Å². The molecule has 3 aliphatic rings. The lowest BCUT2D eigenvalue weighted by molar-refractivity contribution is -0.384. The Morgan fingerprint density at radius 3 is 2.97 bits per heavy atom. The van der Waals surface area contributed by atoms with Crippen LogP contribution in [0.15, 0.2) is 29.4 Å². The number of non-ortho nitro benzene ring substituents is 1. The van der Waals surface area contributed by atoms with Crippen molar-refractivity contribution in [3.8, 4) is 5.00 Å². The highest BCUT2D eigenvalue weighted by Gasteiger charge is 2.42. The van der Waals surface area contributed by atoms with Crippen molar-refractivity contribution < 1.29 is 4.92 Å². The molecule has 31 heavy (non-hydrogen) atoms. The van der Waals surface area contributed by atoms with Crippen molar-refractivity contribution in [3.05, 3.63) is 55.9 Å². The summed E-state index contributed by atoms with van der Waals surface area (Å²) < 4.78 is 2.18. The number of hydrogen-bond donors (Lipinski definition) is 2. The Labute approximate surface area is 187 Å². The number of nitrogens with one attached hydrogen (secondary N) is 2. The highest BCUT2D eigenvalue weighted by molar-refractivity contribution is 7.98. The molecule has 0 radical (unpaired) electrons. The van der Waals surface area contributed by atoms with Crippen LogP contribution in [0, 0.1) is 16.0 Å². The van der Waals surface area contributed by atoms with Gasteiger partial charge in [0.1, 0.15) is 11.2 Å². The van der Waals surface area contributed by atoms with E-state index in [2.05, 4.69) is 37.4 Å². The molecule has 9 nitrogen and oxygen atoms in total. The summed E-state index contributed by atoms with van der Waals surface area (Å²) in [6.07, 6.45) is 3.58. The summed E-state index contributed by atoms with van der Waals surface area (Å²) in [5, 5.41) is 27.6. The molecule has 1 fully saturated rings. The Hall–Kier alpha value is -2.47. The molecule has 3 aromatic rings. The zero-order valence-electron chi connectivity index (χ0n) is 16.9. The number of thioether (sulfide) groups is 1. The van der Waals surface area contributed by atoms with Gasteiger partial charge in [0, 0.05) is 28.3 Å². The van der Waals surface area contributed by atoms with Crippen molar-refractivity contribution in [2.45, 2.75) is 43.3 Å². The fourth-order valence-corrected chi connectivity index (χ4v) is 6.91. The third-order valence-electron chi connectivity index (χ3n) is 6.16. The van der Waals surface area contributed by atoms with E-state index in [1.807, 2.05) is 11.3 Å². The minimum Gasteiger partial charge on any atom is -0.278 e. The molecular weight excluding hydrogens is 434 g/mol. The number of nitro groups is 1. The second-order valence-electron chi connectivity index (χ2n) is 8.21. The molecule has 4 heterocycles. The Morgan fingerprint density at radius 1 is 1.32 bits per heavy atom. The molecule has 2 aliphatic heterocycles. The van der Waals surface area contributed by atoms with Gasteiger partial charge in [0.2, 0.25) is 5.95 Å². The molecule has 0 bridgehead atoms. The highest BCUT2D eigenvalue weighted by atomic mass is 32.2. The average molecular weight is 456 g/mol. The van der Waals surface area contributed by atoms with E-state index in [-0.39, 0.29) is 16.8 Å². The molecule has 1 saturated heterocycles. The molecule has 160 valence electrons. The Balaban J connectivity index is 1.36. The van der Waals surface area contributed by atoms with Gasteiger partial charge >= 0.3 is 0 Å². The minimum atomic E-state index is -0.375. The molecular formula is C20H21N7O2S2. The number of nitrogens with zero attached hydrogens (tertiary/aromatic N) is 5. The fourth-order valence-electron chi connectivity index (χ4n) is 4.59. The predicted molar refractivity (Wildman–Crippen MR) is 119 cm³/mol. The number of anilines is 1. The van der Waals surface area contributed by atoms with E-state index >= 15 is 0 Å². The molecule has 0 spiro atoms. The van der Waals surface area contributed by atoms with E-state index in [4.69, 9.17) is 0 Å². The number of hydrazine groups is 1. The Bertz CT molecular complexity index is 1170. The summed E-state index contributed by atoms with van der Waals surface area (Å²) in [7, 11) is 0. The molecule has 2 aromatic heterocycles. The van der Waals surface area contributed by atoms with Crippen molar-refractivity contribution in [3.63, 3.8) is 0 Å². The summed E-state index contributed by atoms with van der Waals surface area (Å²) in [5.41, 5.74) is 7.38. The van der Waals surface area contributed by atoms with Crippen LogP contribution < -0.4 is 15.8 Å². The number of aromatic nitrogens is 3. The van der Waals surface area contributed by atoms with Gasteiger partial charge < -0.3 is 0 Å². The fraction of sp³-hybridized carbons (Fsp3) is 0.400. The van der Waals surface area contributed by atoms with Crippen LogP contribution in [0.2, 0.25) is 0 Å². The van der Waals surface area contributed by atoms with E-state index in [0.717, 1.165) is 29.5 Å². The first-order valence-corrected chi connectivity index (χ1v) is 12.1. The molecule has 0 amide bonds. The van der Waals surface area contributed by atoms with Crippen LogP contribution in [-0.4, -0.2) is 26.4 Å². The Kier molecular flexibility index (Phi) is 4.53. The van der Waals surface area contributed by atoms with Gasteiger partial charge in [0.25, 0.3) is 5.69 Å². The van der Waals surface area contributed by atoms with E-state index in [1.165, 1.54) is 27.4 Å². The monoisotopic (exact) mass is 455 g/mol. The highest BCUT2D eigenvalue weighted by Crippen LogP contribution is 2.48. The SMILES string of the molecule is C[C@@H]1CCc2sc3c(c2C1)C1NCNN1c1nnc(SCc2ccc([N+](=O)[O-])cc2)n1-3. The van der Waals surface area contributed by atoms with Crippen molar-refractivity contribution >= 4 is 34.7 Å². The first-order chi connectivity index (χ1) is 15.1. The lowest BCUT2D eigenvalue weighted by Gasteiger charge is -2.31. The number of fused-ring (bicyclic) bond motifs is 8. The van der Waals surface area contributed by atoms with Crippen LogP contribution in [0.5, 0.6) is 0 Å². The molecule has 0 saturated carbocycles. The van der Waals surface area contributed by atoms with Gasteiger partial charge in [-0.25, -0.2) is 9.99 Å². The van der Waals surface area contributed by atoms with Gasteiger partial charge in [-0.15, -0.1) is 21.5 Å². The van der Waals surface area contributed by atoms with Gasteiger partial charge in [-0.1, -0.05) is 30.8 Å². The van der Waals surface area contributed by atoms with Crippen molar-refractivity contribution in [2.24, 2.45) is 5.92 Å². The lowest BCUT2D eigenvalue weighted by atomic mass is 9.87. The summed E-state index contributed by atoms with van der Waals surface area (Å²) in [5.74, 6) is 2.18. The van der Waals surface area contributed by atoms with E-state index in [0.29, 0.717) is 18.3 Å². The first kappa shape index (κ1) is 19.2. The van der Waals surface area contributed by atoms with Gasteiger partial charge in [-0.3, -0.25) is 20.4 Å². The van der Waals surface area contributed by atoms with Crippen LogP contribution in [0.25, 0.3) is 5.00 Å². The minimum absolute atomic E-state index is 0.0875. The predicted octanol–water partition coefficient (Wildman–Crippen LogP) is 3.54. The van der Waals surface area contributed by atoms with Crippen LogP contribution in [-0.2, 0) is 18.6 Å². The van der Waals surface area contributed by atoms with Crippen molar-refractivity contribution in [1.29, 1.82) is 0 Å². The molecule has 2 atom stereocenters. The van der Waals surface area contributed by atoms with Crippen molar-refractivity contribution in [1.82, 2.24) is 25.5 Å². The number of rotatable bonds is 4. The maximum atomic E-state index is 10.9. The average Bonchev–Trinajstić information content (AvgIpc) is 3.48. The van der Waals surface area contributed by atoms with E-state index < -0.39 is 0 Å². The summed E-state index contributed by atoms with van der Waals surface area (Å²) in [6.45, 7) is 3.03. The maximum Gasteiger partial charge on any atom is 0.269 e. The third kappa shape index (κ3) is 3.06. The van der Waals surface area contributed by atoms with Gasteiger partial charge in [0.05, 0.1) is 11.6 Å². The quantitative estimate of drug-likeness (QED) is 0.350. The van der Waals surface area contributed by atoms with Crippen LogP contribution in [0.4, 0.5) is 11.6 Å². The number of benzene rings is 1. The number of nitro benzene ring substituents is 1. The zero-order valence-corrected chi connectivity index (χ0v) is 18.5. The van der Waals surface area contributed by atoms with Crippen LogP contribution in [0.1, 0.15) is 41.1 Å². The van der Waals surface area contributed by atoms with Gasteiger partial charge in [-0.2, -0.15) is 0 Å². The summed E-state index contributed by atoms with van der Waals surface area (Å²) in [6, 6.07) is 6.70. The van der Waals surface area contributed by atoms with Crippen LogP contribution in [0.3, 0.4) is 0 Å². The molecule has 1 aliphatic carbocycles. The Morgan fingerprint density at radius 2 is 2.16 bits per heavy atom. The third-order valence-corrected chi connectivity index (χ3v) is 8.45. The number of aryl methyl sites for hydroxylation is 1. The second-order valence-corrected chi connectivity index (χ2v) is 10.2. The summed E-state index contributed by atoms with van der Waals surface area (Å²) >= 11 is 3.48. The maximum absolute atomic E-state index is 10.9. The van der Waals surface area contributed by atoms with E-state index in [9.17, 15) is 10.1 Å². The van der Waals surface area contributed by atoms with Gasteiger partial charge in [-0.05, 0) is 36.3 Å². The zero-order chi connectivity index (χ0) is 21.1. The normalized spacial score (nSPS) is 21.4. The molecule has 6 rings (SSSR count). The standard InChI is InChI=1S/C20H21N7O2S2/c1-11-2-7-15-14(8-11)16-17-21-10-22-26(17)19-23-24-20(25(19)18(16)31-15)30-9-12-3-5-13(6-4-12)27(28)29/h3-6,11,17,21-22H,2,7-10H2,1H3/t11-,17?/m1/s1. The second kappa shape index (κ2) is 7.30. The number of hydrogen-bond acceptors (Lipinski definition) is 9. The molecule has 2 N–H and O–H groups in total. The smallest absolute Gasteiger partial charge is 0.269 e. The van der Waals surface area contributed by atoms with Crippen molar-refractivity contribution in [2.75, 3.05) is 11.7 Å².